The normalized spacial score (nSPS) is 17.2. The van der Waals surface area contributed by atoms with E-state index in [0.29, 0.717) is 0 Å². The molecule has 2 aromatic heterocycles. The Balaban J connectivity index is 1.85. The standard InChI is InChI=1S/C15H15Br2NO2S2/c16-12-3-1-10(21-12)14(11-2-4-13(17)22-11)18-7-5-9(6-8-18)15(19)20/h1-4,9,14H,5-8H2,(H,19,20). The molecule has 0 spiro atoms. The fraction of sp³-hybridized carbons (Fsp3) is 0.400. The first kappa shape index (κ1) is 16.6. The van der Waals surface area contributed by atoms with Crippen LogP contribution < -0.4 is 0 Å². The van der Waals surface area contributed by atoms with Crippen molar-refractivity contribution in [1.82, 2.24) is 4.90 Å². The van der Waals surface area contributed by atoms with Gasteiger partial charge in [0.05, 0.1) is 19.5 Å². The first-order valence-corrected chi connectivity index (χ1v) is 10.2. The van der Waals surface area contributed by atoms with Crippen LogP contribution in [-0.4, -0.2) is 29.1 Å². The van der Waals surface area contributed by atoms with Crippen molar-refractivity contribution in [1.29, 1.82) is 0 Å². The Bertz CT molecular complexity index is 622. The molecule has 1 N–H and O–H groups in total. The van der Waals surface area contributed by atoms with Crippen LogP contribution in [-0.2, 0) is 4.79 Å². The highest BCUT2D eigenvalue weighted by molar-refractivity contribution is 9.11. The van der Waals surface area contributed by atoms with Crippen LogP contribution in [0.5, 0.6) is 0 Å². The third-order valence-corrected chi connectivity index (χ3v) is 7.32. The number of piperidine rings is 1. The smallest absolute Gasteiger partial charge is 0.306 e. The van der Waals surface area contributed by atoms with Crippen molar-refractivity contribution in [2.75, 3.05) is 13.1 Å². The molecule has 3 heterocycles. The summed E-state index contributed by atoms with van der Waals surface area (Å²) in [4.78, 5) is 16.2. The summed E-state index contributed by atoms with van der Waals surface area (Å²) in [6.07, 6.45) is 1.45. The Morgan fingerprint density at radius 2 is 1.59 bits per heavy atom. The van der Waals surface area contributed by atoms with E-state index in [1.807, 2.05) is 0 Å². The summed E-state index contributed by atoms with van der Waals surface area (Å²) in [6.45, 7) is 1.65. The zero-order valence-electron chi connectivity index (χ0n) is 11.7. The average molecular weight is 465 g/mol. The van der Waals surface area contributed by atoms with E-state index in [1.165, 1.54) is 9.75 Å². The van der Waals surface area contributed by atoms with Gasteiger partial charge in [0.1, 0.15) is 0 Å². The molecule has 0 atom stereocenters. The van der Waals surface area contributed by atoms with Gasteiger partial charge in [-0.25, -0.2) is 0 Å². The lowest BCUT2D eigenvalue weighted by atomic mass is 9.95. The van der Waals surface area contributed by atoms with Gasteiger partial charge in [0.15, 0.2) is 0 Å². The summed E-state index contributed by atoms with van der Waals surface area (Å²) in [7, 11) is 0. The molecule has 3 nitrogen and oxygen atoms in total. The lowest BCUT2D eigenvalue weighted by Crippen LogP contribution is -2.38. The quantitative estimate of drug-likeness (QED) is 0.674. The minimum absolute atomic E-state index is 0.193. The van der Waals surface area contributed by atoms with Crippen LogP contribution in [0.3, 0.4) is 0 Å². The second kappa shape index (κ2) is 7.13. The predicted molar refractivity (Wildman–Crippen MR) is 97.8 cm³/mol. The molecular weight excluding hydrogens is 450 g/mol. The molecule has 3 rings (SSSR count). The van der Waals surface area contributed by atoms with Crippen LogP contribution in [0.1, 0.15) is 28.6 Å². The largest absolute Gasteiger partial charge is 0.481 e. The van der Waals surface area contributed by atoms with E-state index in [-0.39, 0.29) is 12.0 Å². The molecule has 0 bridgehead atoms. The zero-order valence-corrected chi connectivity index (χ0v) is 16.5. The number of aliphatic carboxylic acids is 1. The number of likely N-dealkylation sites (tertiary alicyclic amines) is 1. The molecule has 22 heavy (non-hydrogen) atoms. The third kappa shape index (κ3) is 3.64. The molecule has 1 fully saturated rings. The van der Waals surface area contributed by atoms with Gasteiger partial charge in [-0.15, -0.1) is 22.7 Å². The lowest BCUT2D eigenvalue weighted by molar-refractivity contribution is -0.143. The molecule has 0 aliphatic carbocycles. The number of halogens is 2. The minimum Gasteiger partial charge on any atom is -0.481 e. The molecule has 0 unspecified atom stereocenters. The van der Waals surface area contributed by atoms with E-state index in [0.717, 1.165) is 33.5 Å². The maximum absolute atomic E-state index is 11.2. The molecular formula is C15H15Br2NO2S2. The highest BCUT2D eigenvalue weighted by Gasteiger charge is 2.31. The molecule has 0 radical (unpaired) electrons. The van der Waals surface area contributed by atoms with E-state index in [9.17, 15) is 9.90 Å². The van der Waals surface area contributed by atoms with Gasteiger partial charge >= 0.3 is 5.97 Å². The number of nitrogens with zero attached hydrogens (tertiary/aromatic N) is 1. The summed E-state index contributed by atoms with van der Waals surface area (Å²) < 4.78 is 2.26. The number of hydrogen-bond donors (Lipinski definition) is 1. The first-order chi connectivity index (χ1) is 10.5. The Morgan fingerprint density at radius 3 is 1.95 bits per heavy atom. The van der Waals surface area contributed by atoms with Crippen LogP contribution >= 0.6 is 54.5 Å². The summed E-state index contributed by atoms with van der Waals surface area (Å²) in [6, 6.07) is 8.72. The van der Waals surface area contributed by atoms with Gasteiger partial charge < -0.3 is 5.11 Å². The van der Waals surface area contributed by atoms with Crippen molar-refractivity contribution in [2.24, 2.45) is 5.92 Å². The summed E-state index contributed by atoms with van der Waals surface area (Å²) >= 11 is 10.6. The molecule has 0 amide bonds. The van der Waals surface area contributed by atoms with Gasteiger partial charge in [-0.05, 0) is 82.1 Å². The van der Waals surface area contributed by atoms with Gasteiger partial charge in [-0.2, -0.15) is 0 Å². The van der Waals surface area contributed by atoms with Gasteiger partial charge in [0, 0.05) is 9.75 Å². The maximum Gasteiger partial charge on any atom is 0.306 e. The van der Waals surface area contributed by atoms with Crippen molar-refractivity contribution in [3.63, 3.8) is 0 Å². The zero-order chi connectivity index (χ0) is 15.7. The molecule has 118 valence electrons. The molecule has 1 aliphatic heterocycles. The van der Waals surface area contributed by atoms with Crippen molar-refractivity contribution >= 4 is 60.5 Å². The highest BCUT2D eigenvalue weighted by atomic mass is 79.9. The van der Waals surface area contributed by atoms with E-state index in [1.54, 1.807) is 22.7 Å². The Kier molecular flexibility index (Phi) is 5.39. The van der Waals surface area contributed by atoms with Crippen molar-refractivity contribution < 1.29 is 9.90 Å². The van der Waals surface area contributed by atoms with E-state index < -0.39 is 5.97 Å². The summed E-state index contributed by atoms with van der Waals surface area (Å²) in [5.74, 6) is -0.851. The van der Waals surface area contributed by atoms with Gasteiger partial charge in [-0.3, -0.25) is 9.69 Å². The van der Waals surface area contributed by atoms with Crippen molar-refractivity contribution in [2.45, 2.75) is 18.9 Å². The molecule has 1 saturated heterocycles. The fourth-order valence-corrected chi connectivity index (χ4v) is 6.09. The van der Waals surface area contributed by atoms with E-state index >= 15 is 0 Å². The number of hydrogen-bond acceptors (Lipinski definition) is 4. The maximum atomic E-state index is 11.2. The van der Waals surface area contributed by atoms with E-state index in [4.69, 9.17) is 0 Å². The molecule has 0 aromatic carbocycles. The minimum atomic E-state index is -0.658. The first-order valence-electron chi connectivity index (χ1n) is 7.02. The van der Waals surface area contributed by atoms with Crippen molar-refractivity contribution in [3.8, 4) is 0 Å². The second-order valence-corrected chi connectivity index (χ2v) is 10.3. The number of rotatable bonds is 4. The molecule has 7 heteroatoms. The monoisotopic (exact) mass is 463 g/mol. The lowest BCUT2D eigenvalue weighted by Gasteiger charge is -2.35. The molecule has 0 saturated carbocycles. The Labute approximate surface area is 154 Å². The molecule has 2 aromatic rings. The number of carboxylic acids is 1. The van der Waals surface area contributed by atoms with Gasteiger partial charge in [0.25, 0.3) is 0 Å². The second-order valence-electron chi connectivity index (χ2n) is 5.33. The van der Waals surface area contributed by atoms with Crippen LogP contribution in [0.2, 0.25) is 0 Å². The SMILES string of the molecule is O=C(O)C1CCN(C(c2ccc(Br)s2)c2ccc(Br)s2)CC1. The van der Waals surface area contributed by atoms with Crippen molar-refractivity contribution in [3.05, 3.63) is 41.6 Å². The number of thiophene rings is 2. The fourth-order valence-electron chi connectivity index (χ4n) is 2.86. The van der Waals surface area contributed by atoms with Crippen LogP contribution in [0.15, 0.2) is 31.8 Å². The van der Waals surface area contributed by atoms with Crippen LogP contribution in [0.4, 0.5) is 0 Å². The van der Waals surface area contributed by atoms with E-state index in [2.05, 4.69) is 61.0 Å². The summed E-state index contributed by atoms with van der Waals surface area (Å²) in [5.41, 5.74) is 0. The predicted octanol–water partition coefficient (Wildman–Crippen LogP) is 5.22. The van der Waals surface area contributed by atoms with Crippen LogP contribution in [0, 0.1) is 5.92 Å². The average Bonchev–Trinajstić information content (AvgIpc) is 3.09. The molecule has 1 aliphatic rings. The van der Waals surface area contributed by atoms with Crippen LogP contribution in [0.25, 0.3) is 0 Å². The Morgan fingerprint density at radius 1 is 1.09 bits per heavy atom. The topological polar surface area (TPSA) is 40.5 Å². The third-order valence-electron chi connectivity index (χ3n) is 3.97. The Hall–Kier alpha value is -0.210. The number of carboxylic acid groups (broad SMARTS) is 1. The van der Waals surface area contributed by atoms with Gasteiger partial charge in [0.2, 0.25) is 0 Å². The summed E-state index contributed by atoms with van der Waals surface area (Å²) in [5, 5.41) is 9.18. The van der Waals surface area contributed by atoms with Gasteiger partial charge in [-0.1, -0.05) is 0 Å². The number of carbonyl (C=O) groups is 1. The highest BCUT2D eigenvalue weighted by Crippen LogP contribution is 2.40.